The van der Waals surface area contributed by atoms with Crippen molar-refractivity contribution in [3.05, 3.63) is 80.8 Å². The molecule has 0 fully saturated rings. The highest BCUT2D eigenvalue weighted by Gasteiger charge is 2.19. The van der Waals surface area contributed by atoms with E-state index in [4.69, 9.17) is 4.74 Å². The second-order valence-electron chi connectivity index (χ2n) is 6.07. The molecule has 0 bridgehead atoms. The molecule has 1 heterocycles. The van der Waals surface area contributed by atoms with Gasteiger partial charge in [0.2, 0.25) is 0 Å². The summed E-state index contributed by atoms with van der Waals surface area (Å²) in [4.78, 5) is 51.1. The van der Waals surface area contributed by atoms with E-state index < -0.39 is 22.5 Å². The number of nitrogens with zero attached hydrogens (tertiary/aromatic N) is 2. The summed E-state index contributed by atoms with van der Waals surface area (Å²) in [5.74, 6) is -1.78. The number of esters is 1. The molecule has 1 aromatic heterocycles. The predicted molar refractivity (Wildman–Crippen MR) is 114 cm³/mol. The standard InChI is InChI=1S/C20H16N4O6S/c1-2-30-19(27)14-9-13(10-16(11-14)24(28)29)18(26)22-15-5-3-12(4-6-15)17(25)23-20-21-7-8-31-20/h3-11H,2H2,1H3,(H,22,26)(H,21,23,25). The van der Waals surface area contributed by atoms with Crippen LogP contribution in [0.15, 0.2) is 54.0 Å². The van der Waals surface area contributed by atoms with E-state index in [0.717, 1.165) is 12.1 Å². The minimum atomic E-state index is -0.768. The van der Waals surface area contributed by atoms with Crippen LogP contribution < -0.4 is 10.6 Å². The number of hydrogen-bond acceptors (Lipinski definition) is 8. The monoisotopic (exact) mass is 440 g/mol. The van der Waals surface area contributed by atoms with Crippen molar-refractivity contribution in [2.24, 2.45) is 0 Å². The van der Waals surface area contributed by atoms with Crippen LogP contribution in [0.1, 0.15) is 38.0 Å². The van der Waals surface area contributed by atoms with E-state index in [9.17, 15) is 24.5 Å². The maximum atomic E-state index is 12.6. The number of nitrogens with one attached hydrogen (secondary N) is 2. The number of aromatic nitrogens is 1. The normalized spacial score (nSPS) is 10.2. The third kappa shape index (κ3) is 5.48. The number of benzene rings is 2. The van der Waals surface area contributed by atoms with Crippen LogP contribution >= 0.6 is 11.3 Å². The Bertz CT molecular complexity index is 1130. The van der Waals surface area contributed by atoms with Gasteiger partial charge in [-0.2, -0.15) is 0 Å². The first-order chi connectivity index (χ1) is 14.9. The Balaban J connectivity index is 1.75. The fourth-order valence-corrected chi connectivity index (χ4v) is 3.07. The van der Waals surface area contributed by atoms with Crippen LogP contribution in [0.3, 0.4) is 0 Å². The smallest absolute Gasteiger partial charge is 0.338 e. The van der Waals surface area contributed by atoms with Crippen molar-refractivity contribution in [2.45, 2.75) is 6.92 Å². The molecule has 2 N–H and O–H groups in total. The lowest BCUT2D eigenvalue weighted by Gasteiger charge is -2.08. The van der Waals surface area contributed by atoms with Gasteiger partial charge in [0.05, 0.1) is 17.1 Å². The molecule has 10 nitrogen and oxygen atoms in total. The lowest BCUT2D eigenvalue weighted by Crippen LogP contribution is -2.15. The molecule has 31 heavy (non-hydrogen) atoms. The fourth-order valence-electron chi connectivity index (χ4n) is 2.54. The molecular weight excluding hydrogens is 424 g/mol. The first-order valence-electron chi connectivity index (χ1n) is 8.96. The lowest BCUT2D eigenvalue weighted by molar-refractivity contribution is -0.384. The number of rotatable bonds is 7. The molecular formula is C20H16N4O6S. The number of anilines is 2. The second-order valence-corrected chi connectivity index (χ2v) is 6.96. The molecule has 0 atom stereocenters. The van der Waals surface area contributed by atoms with Crippen LogP contribution in [-0.4, -0.2) is 34.3 Å². The highest BCUT2D eigenvalue weighted by molar-refractivity contribution is 7.13. The molecule has 3 aromatic rings. The Kier molecular flexibility index (Phi) is 6.67. The molecule has 0 saturated heterocycles. The summed E-state index contributed by atoms with van der Waals surface area (Å²) in [6.07, 6.45) is 1.57. The van der Waals surface area contributed by atoms with Crippen LogP contribution in [0.25, 0.3) is 0 Å². The molecule has 3 rings (SSSR count). The average molecular weight is 440 g/mol. The van der Waals surface area contributed by atoms with E-state index in [1.54, 1.807) is 18.5 Å². The lowest BCUT2D eigenvalue weighted by atomic mass is 10.1. The first kappa shape index (κ1) is 21.6. The summed E-state index contributed by atoms with van der Waals surface area (Å²) in [5.41, 5.74) is 0.122. The van der Waals surface area contributed by atoms with Crippen molar-refractivity contribution < 1.29 is 24.0 Å². The van der Waals surface area contributed by atoms with E-state index >= 15 is 0 Å². The quantitative estimate of drug-likeness (QED) is 0.324. The number of carbonyl (C=O) groups excluding carboxylic acids is 3. The van der Waals surface area contributed by atoms with Gasteiger partial charge >= 0.3 is 5.97 Å². The average Bonchev–Trinajstić information content (AvgIpc) is 3.27. The SMILES string of the molecule is CCOC(=O)c1cc(C(=O)Nc2ccc(C(=O)Nc3nccs3)cc2)cc([N+](=O)[O-])c1. The van der Waals surface area contributed by atoms with Crippen LogP contribution in [0, 0.1) is 10.1 Å². The van der Waals surface area contributed by atoms with Crippen LogP contribution in [-0.2, 0) is 4.74 Å². The van der Waals surface area contributed by atoms with E-state index in [0.29, 0.717) is 16.4 Å². The largest absolute Gasteiger partial charge is 0.462 e. The van der Waals surface area contributed by atoms with Crippen molar-refractivity contribution in [1.82, 2.24) is 4.98 Å². The van der Waals surface area contributed by atoms with Gasteiger partial charge in [-0.05, 0) is 37.3 Å². The van der Waals surface area contributed by atoms with Crippen molar-refractivity contribution in [3.8, 4) is 0 Å². The Hall–Kier alpha value is -4.12. The van der Waals surface area contributed by atoms with Crippen molar-refractivity contribution in [3.63, 3.8) is 0 Å². The van der Waals surface area contributed by atoms with Gasteiger partial charge in [0, 0.05) is 40.5 Å². The van der Waals surface area contributed by atoms with E-state index in [2.05, 4.69) is 15.6 Å². The van der Waals surface area contributed by atoms with Gasteiger partial charge in [0.15, 0.2) is 5.13 Å². The zero-order chi connectivity index (χ0) is 22.4. The van der Waals surface area contributed by atoms with Gasteiger partial charge in [-0.25, -0.2) is 9.78 Å². The zero-order valence-electron chi connectivity index (χ0n) is 16.2. The summed E-state index contributed by atoms with van der Waals surface area (Å²) >= 11 is 1.28. The summed E-state index contributed by atoms with van der Waals surface area (Å²) in [5, 5.41) is 18.6. The molecule has 0 aliphatic carbocycles. The van der Waals surface area contributed by atoms with Gasteiger partial charge in [0.25, 0.3) is 17.5 Å². The third-order valence-corrected chi connectivity index (χ3v) is 4.65. The molecule has 0 spiro atoms. The minimum absolute atomic E-state index is 0.0807. The number of non-ortho nitro benzene ring substituents is 1. The van der Waals surface area contributed by atoms with Crippen molar-refractivity contribution in [1.29, 1.82) is 0 Å². The van der Waals surface area contributed by atoms with E-state index in [1.165, 1.54) is 41.7 Å². The van der Waals surface area contributed by atoms with Crippen LogP contribution in [0.4, 0.5) is 16.5 Å². The number of ether oxygens (including phenoxy) is 1. The van der Waals surface area contributed by atoms with Gasteiger partial charge in [0.1, 0.15) is 0 Å². The molecule has 158 valence electrons. The topological polar surface area (TPSA) is 141 Å². The maximum Gasteiger partial charge on any atom is 0.338 e. The summed E-state index contributed by atoms with van der Waals surface area (Å²) in [6, 6.07) is 9.37. The molecule has 2 aromatic carbocycles. The third-order valence-electron chi connectivity index (χ3n) is 3.96. The Morgan fingerprint density at radius 1 is 1.03 bits per heavy atom. The van der Waals surface area contributed by atoms with Crippen LogP contribution in [0.5, 0.6) is 0 Å². The summed E-state index contributed by atoms with van der Waals surface area (Å²) in [7, 11) is 0. The summed E-state index contributed by atoms with van der Waals surface area (Å²) in [6.45, 7) is 1.69. The first-order valence-corrected chi connectivity index (χ1v) is 9.84. The molecule has 0 aliphatic rings. The maximum absolute atomic E-state index is 12.6. The Labute approximate surface area is 180 Å². The number of amides is 2. The molecule has 0 saturated carbocycles. The van der Waals surface area contributed by atoms with Gasteiger partial charge < -0.3 is 10.1 Å². The minimum Gasteiger partial charge on any atom is -0.462 e. The fraction of sp³-hybridized carbons (Fsp3) is 0.100. The van der Waals surface area contributed by atoms with Gasteiger partial charge in [-0.1, -0.05) is 0 Å². The predicted octanol–water partition coefficient (Wildman–Crippen LogP) is 3.73. The zero-order valence-corrected chi connectivity index (χ0v) is 17.0. The van der Waals surface area contributed by atoms with Crippen molar-refractivity contribution in [2.75, 3.05) is 17.2 Å². The second kappa shape index (κ2) is 9.59. The molecule has 2 amide bonds. The Morgan fingerprint density at radius 2 is 1.71 bits per heavy atom. The number of hydrogen-bond donors (Lipinski definition) is 2. The molecule has 11 heteroatoms. The number of nitro benzene ring substituents is 1. The van der Waals surface area contributed by atoms with Crippen molar-refractivity contribution >= 4 is 45.6 Å². The number of thiazole rings is 1. The number of nitro groups is 1. The number of carbonyl (C=O) groups is 3. The Morgan fingerprint density at radius 3 is 2.32 bits per heavy atom. The molecule has 0 radical (unpaired) electrons. The highest BCUT2D eigenvalue weighted by atomic mass is 32.1. The van der Waals surface area contributed by atoms with E-state index in [-0.39, 0.29) is 23.6 Å². The van der Waals surface area contributed by atoms with Crippen LogP contribution in [0.2, 0.25) is 0 Å². The van der Waals surface area contributed by atoms with Gasteiger partial charge in [-0.3, -0.25) is 25.0 Å². The molecule has 0 aliphatic heterocycles. The van der Waals surface area contributed by atoms with Gasteiger partial charge in [-0.15, -0.1) is 11.3 Å². The summed E-state index contributed by atoms with van der Waals surface area (Å²) < 4.78 is 4.85. The highest BCUT2D eigenvalue weighted by Crippen LogP contribution is 2.20. The molecule has 0 unspecified atom stereocenters. The van der Waals surface area contributed by atoms with E-state index in [1.807, 2.05) is 0 Å².